The van der Waals surface area contributed by atoms with Gasteiger partial charge in [0.2, 0.25) is 5.91 Å². The predicted octanol–water partition coefficient (Wildman–Crippen LogP) is 3.91. The molecule has 1 N–H and O–H groups in total. The highest BCUT2D eigenvalue weighted by Gasteiger charge is 2.04. The van der Waals surface area contributed by atoms with E-state index in [1.54, 1.807) is 30.0 Å². The highest BCUT2D eigenvalue weighted by Crippen LogP contribution is 2.17. The van der Waals surface area contributed by atoms with Crippen LogP contribution in [0.4, 0.5) is 5.69 Å². The van der Waals surface area contributed by atoms with E-state index in [0.717, 1.165) is 12.2 Å². The van der Waals surface area contributed by atoms with E-state index in [0.29, 0.717) is 12.1 Å². The minimum absolute atomic E-state index is 0.00972. The molecule has 0 unspecified atom stereocenters. The Morgan fingerprint density at radius 3 is 2.71 bits per heavy atom. The molecule has 6 heteroatoms. The maximum Gasteiger partial charge on any atom is 0.270 e. The summed E-state index contributed by atoms with van der Waals surface area (Å²) in [5, 5.41) is 13.5. The maximum atomic E-state index is 11.7. The van der Waals surface area contributed by atoms with Crippen LogP contribution in [0.15, 0.2) is 65.6 Å². The van der Waals surface area contributed by atoms with Crippen LogP contribution < -0.4 is 5.32 Å². The third-order valence-corrected chi connectivity index (χ3v) is 4.24. The molecule has 124 valence electrons. The lowest BCUT2D eigenvalue weighted by Gasteiger charge is -2.03. The van der Waals surface area contributed by atoms with Crippen molar-refractivity contribution in [2.75, 3.05) is 12.3 Å². The zero-order valence-corrected chi connectivity index (χ0v) is 13.9. The second-order valence-electron chi connectivity index (χ2n) is 4.99. The summed E-state index contributed by atoms with van der Waals surface area (Å²) in [5.41, 5.74) is 0.634. The largest absolute Gasteiger partial charge is 0.353 e. The van der Waals surface area contributed by atoms with E-state index in [2.05, 4.69) is 17.4 Å². The van der Waals surface area contributed by atoms with Gasteiger partial charge in [0, 0.05) is 29.6 Å². The Morgan fingerprint density at radius 1 is 1.17 bits per heavy atom. The fraction of sp³-hybridized carbons (Fsp3) is 0.167. The van der Waals surface area contributed by atoms with Crippen molar-refractivity contribution in [3.63, 3.8) is 0 Å². The second kappa shape index (κ2) is 9.52. The molecule has 0 aliphatic carbocycles. The van der Waals surface area contributed by atoms with Crippen molar-refractivity contribution in [1.82, 2.24) is 5.32 Å². The van der Waals surface area contributed by atoms with E-state index in [4.69, 9.17) is 0 Å². The van der Waals surface area contributed by atoms with Crippen LogP contribution in [0, 0.1) is 10.1 Å². The summed E-state index contributed by atoms with van der Waals surface area (Å²) in [7, 11) is 0. The molecule has 5 nitrogen and oxygen atoms in total. The standard InChI is InChI=1S/C18H18N2O3S/c21-18(11-10-15-6-4-7-16(14-15)20(22)23)19-12-5-13-24-17-8-2-1-3-9-17/h1-4,6-11,14H,5,12-13H2,(H,19,21)/b11-10+. The van der Waals surface area contributed by atoms with Gasteiger partial charge in [0.05, 0.1) is 4.92 Å². The number of rotatable bonds is 8. The molecule has 0 saturated heterocycles. The number of carbonyl (C=O) groups excluding carboxylic acids is 1. The molecule has 0 fully saturated rings. The van der Waals surface area contributed by atoms with Crippen molar-refractivity contribution < 1.29 is 9.72 Å². The van der Waals surface area contributed by atoms with Crippen molar-refractivity contribution >= 4 is 29.4 Å². The number of nitrogens with zero attached hydrogens (tertiary/aromatic N) is 1. The van der Waals surface area contributed by atoms with Gasteiger partial charge >= 0.3 is 0 Å². The van der Waals surface area contributed by atoms with E-state index >= 15 is 0 Å². The zero-order chi connectivity index (χ0) is 17.2. The van der Waals surface area contributed by atoms with Crippen LogP contribution in [0.25, 0.3) is 6.08 Å². The Morgan fingerprint density at radius 2 is 1.96 bits per heavy atom. The lowest BCUT2D eigenvalue weighted by Crippen LogP contribution is -2.22. The van der Waals surface area contributed by atoms with Gasteiger partial charge in [-0.1, -0.05) is 30.3 Å². The van der Waals surface area contributed by atoms with Gasteiger partial charge in [0.15, 0.2) is 0 Å². The zero-order valence-electron chi connectivity index (χ0n) is 13.1. The van der Waals surface area contributed by atoms with Gasteiger partial charge in [0.1, 0.15) is 0 Å². The molecule has 0 bridgehead atoms. The highest BCUT2D eigenvalue weighted by molar-refractivity contribution is 7.99. The van der Waals surface area contributed by atoms with Gasteiger partial charge in [0.25, 0.3) is 5.69 Å². The van der Waals surface area contributed by atoms with E-state index in [9.17, 15) is 14.9 Å². The molecule has 0 aliphatic heterocycles. The summed E-state index contributed by atoms with van der Waals surface area (Å²) in [6.45, 7) is 0.595. The molecule has 0 saturated carbocycles. The van der Waals surface area contributed by atoms with Crippen LogP contribution in [-0.2, 0) is 4.79 Å². The summed E-state index contributed by atoms with van der Waals surface area (Å²) in [5.74, 6) is 0.727. The topological polar surface area (TPSA) is 72.2 Å². The second-order valence-corrected chi connectivity index (χ2v) is 6.16. The summed E-state index contributed by atoms with van der Waals surface area (Å²) in [6.07, 6.45) is 3.83. The molecular formula is C18H18N2O3S. The van der Waals surface area contributed by atoms with Crippen LogP contribution in [0.3, 0.4) is 0 Å². The van der Waals surface area contributed by atoms with Crippen LogP contribution in [0.1, 0.15) is 12.0 Å². The fourth-order valence-corrected chi connectivity index (χ4v) is 2.84. The normalized spacial score (nSPS) is 10.7. The number of nitrogens with one attached hydrogen (secondary N) is 1. The Labute approximate surface area is 144 Å². The molecule has 0 atom stereocenters. The first-order valence-electron chi connectivity index (χ1n) is 7.53. The van der Waals surface area contributed by atoms with Crippen LogP contribution >= 0.6 is 11.8 Å². The highest BCUT2D eigenvalue weighted by atomic mass is 32.2. The van der Waals surface area contributed by atoms with Gasteiger partial charge < -0.3 is 5.32 Å². The first-order chi connectivity index (χ1) is 11.6. The average Bonchev–Trinajstić information content (AvgIpc) is 2.61. The van der Waals surface area contributed by atoms with Crippen LogP contribution in [0.5, 0.6) is 0 Å². The van der Waals surface area contributed by atoms with E-state index < -0.39 is 4.92 Å². The molecule has 2 aromatic rings. The number of amides is 1. The lowest BCUT2D eigenvalue weighted by atomic mass is 10.2. The molecule has 2 aromatic carbocycles. The number of nitro benzene ring substituents is 1. The van der Waals surface area contributed by atoms with Crippen molar-refractivity contribution in [3.8, 4) is 0 Å². The number of non-ortho nitro benzene ring substituents is 1. The molecule has 0 radical (unpaired) electrons. The average molecular weight is 342 g/mol. The van der Waals surface area contributed by atoms with Gasteiger partial charge in [-0.2, -0.15) is 0 Å². The molecule has 0 aliphatic rings. The number of benzene rings is 2. The molecule has 0 aromatic heterocycles. The smallest absolute Gasteiger partial charge is 0.270 e. The number of nitro groups is 1. The SMILES string of the molecule is O=C(/C=C/c1cccc([N+](=O)[O-])c1)NCCCSc1ccccc1. The number of thioether (sulfide) groups is 1. The quantitative estimate of drug-likeness (QED) is 0.260. The van der Waals surface area contributed by atoms with Gasteiger partial charge in [-0.3, -0.25) is 14.9 Å². The van der Waals surface area contributed by atoms with E-state index in [1.807, 2.05) is 18.2 Å². The first kappa shape index (κ1) is 17.7. The molecular weight excluding hydrogens is 324 g/mol. The van der Waals surface area contributed by atoms with Crippen molar-refractivity contribution in [2.45, 2.75) is 11.3 Å². The van der Waals surface area contributed by atoms with E-state index in [1.165, 1.54) is 23.1 Å². The van der Waals surface area contributed by atoms with Crippen molar-refractivity contribution in [1.29, 1.82) is 0 Å². The Hall–Kier alpha value is -2.60. The molecule has 1 amide bonds. The number of carbonyl (C=O) groups is 1. The minimum Gasteiger partial charge on any atom is -0.353 e. The summed E-state index contributed by atoms with van der Waals surface area (Å²) in [6, 6.07) is 16.3. The van der Waals surface area contributed by atoms with Crippen molar-refractivity contribution in [3.05, 3.63) is 76.4 Å². The van der Waals surface area contributed by atoms with Gasteiger partial charge in [-0.25, -0.2) is 0 Å². The lowest BCUT2D eigenvalue weighted by molar-refractivity contribution is -0.384. The minimum atomic E-state index is -0.457. The van der Waals surface area contributed by atoms with Gasteiger partial charge in [-0.05, 0) is 35.9 Å². The fourth-order valence-electron chi connectivity index (χ4n) is 1.96. The molecule has 0 spiro atoms. The third kappa shape index (κ3) is 6.26. The van der Waals surface area contributed by atoms with Crippen LogP contribution in [0.2, 0.25) is 0 Å². The summed E-state index contributed by atoms with van der Waals surface area (Å²) < 4.78 is 0. The summed E-state index contributed by atoms with van der Waals surface area (Å²) in [4.78, 5) is 23.2. The van der Waals surface area contributed by atoms with E-state index in [-0.39, 0.29) is 11.6 Å². The van der Waals surface area contributed by atoms with Crippen LogP contribution in [-0.4, -0.2) is 23.1 Å². The van der Waals surface area contributed by atoms with Gasteiger partial charge in [-0.15, -0.1) is 11.8 Å². The molecule has 0 heterocycles. The summed E-state index contributed by atoms with van der Waals surface area (Å²) >= 11 is 1.75. The number of hydrogen-bond acceptors (Lipinski definition) is 4. The number of hydrogen-bond donors (Lipinski definition) is 1. The first-order valence-corrected chi connectivity index (χ1v) is 8.52. The third-order valence-electron chi connectivity index (χ3n) is 3.14. The monoisotopic (exact) mass is 342 g/mol. The molecule has 2 rings (SSSR count). The van der Waals surface area contributed by atoms with Crippen molar-refractivity contribution in [2.24, 2.45) is 0 Å². The predicted molar refractivity (Wildman–Crippen MR) is 96.9 cm³/mol. The molecule has 24 heavy (non-hydrogen) atoms. The Kier molecular flexibility index (Phi) is 7.04. The maximum absolute atomic E-state index is 11.7. The Balaban J connectivity index is 1.69. The Bertz CT molecular complexity index is 717.